The lowest BCUT2D eigenvalue weighted by Gasteiger charge is -2.36. The molecule has 226 valence electrons. The molecule has 0 fully saturated rings. The average molecular weight is 566 g/mol. The Labute approximate surface area is 247 Å². The third-order valence-electron chi connectivity index (χ3n) is 7.01. The van der Waals surface area contributed by atoms with Crippen LogP contribution in [0.4, 0.5) is 10.5 Å². The topological polar surface area (TPSA) is 87.7 Å². The van der Waals surface area contributed by atoms with Gasteiger partial charge in [0.25, 0.3) is 5.91 Å². The van der Waals surface area contributed by atoms with Crippen LogP contribution >= 0.6 is 0 Å². The summed E-state index contributed by atoms with van der Waals surface area (Å²) in [5.74, 6) is -0.435. The van der Waals surface area contributed by atoms with E-state index in [9.17, 15) is 14.4 Å². The lowest BCUT2D eigenvalue weighted by atomic mass is 9.92. The van der Waals surface area contributed by atoms with Crippen LogP contribution in [-0.4, -0.2) is 41.0 Å². The van der Waals surface area contributed by atoms with E-state index >= 15 is 0 Å². The fourth-order valence-electron chi connectivity index (χ4n) is 5.02. The number of nitrogens with one attached hydrogen (secondary N) is 2. The molecule has 0 aromatic heterocycles. The average Bonchev–Trinajstić information content (AvgIpc) is 2.86. The molecule has 0 spiro atoms. The van der Waals surface area contributed by atoms with Gasteiger partial charge in [-0.3, -0.25) is 9.59 Å². The molecule has 41 heavy (non-hydrogen) atoms. The van der Waals surface area contributed by atoms with E-state index in [4.69, 9.17) is 4.74 Å². The van der Waals surface area contributed by atoms with Gasteiger partial charge in [0, 0.05) is 12.2 Å². The predicted octanol–water partition coefficient (Wildman–Crippen LogP) is 7.64. The van der Waals surface area contributed by atoms with Gasteiger partial charge < -0.3 is 20.3 Å². The summed E-state index contributed by atoms with van der Waals surface area (Å²) in [7, 11) is 0. The molecule has 7 nitrogen and oxygen atoms in total. The van der Waals surface area contributed by atoms with Gasteiger partial charge in [0.2, 0.25) is 5.91 Å². The number of para-hydroxylation sites is 1. The summed E-state index contributed by atoms with van der Waals surface area (Å²) in [6, 6.07) is 11.8. The molecule has 7 heteroatoms. The molecular weight excluding hydrogens is 514 g/mol. The maximum absolute atomic E-state index is 14.5. The molecule has 2 aromatic rings. The fraction of sp³-hybridized carbons (Fsp3) is 0.559. The Bertz CT molecular complexity index is 1150. The number of hydrogen-bond donors (Lipinski definition) is 2. The molecule has 2 aromatic carbocycles. The molecule has 0 saturated heterocycles. The third kappa shape index (κ3) is 10.5. The second-order valence-electron chi connectivity index (χ2n) is 12.4. The number of ether oxygens (including phenoxy) is 1. The van der Waals surface area contributed by atoms with Crippen LogP contribution in [-0.2, 0) is 14.3 Å². The minimum atomic E-state index is -0.875. The number of anilines is 1. The van der Waals surface area contributed by atoms with Crippen LogP contribution in [0.15, 0.2) is 42.5 Å². The van der Waals surface area contributed by atoms with Crippen molar-refractivity contribution in [3.05, 3.63) is 64.7 Å². The first-order valence-electron chi connectivity index (χ1n) is 15.0. The fourth-order valence-corrected chi connectivity index (χ4v) is 5.02. The number of nitrogens with zero attached hydrogens (tertiary/aromatic N) is 1. The molecule has 0 aliphatic heterocycles. The van der Waals surface area contributed by atoms with Crippen molar-refractivity contribution in [1.29, 1.82) is 0 Å². The smallest absolute Gasteiger partial charge is 0.408 e. The molecule has 2 atom stereocenters. The lowest BCUT2D eigenvalue weighted by Crippen LogP contribution is -2.53. The standard InChI is InChI=1S/C34H51N3O4/c1-10-11-12-15-21-37(32(39)28(22-23(2)3)36-33(40)41-34(7,8)9)30(29-25(5)18-16-19-26(29)6)31(38)35-27-20-14-13-17-24(27)4/h13-14,16-20,23,28,30H,10-12,15,21-22H2,1-9H3,(H,35,38)(H,36,40). The van der Waals surface area contributed by atoms with Gasteiger partial charge in [0.05, 0.1) is 0 Å². The van der Waals surface area contributed by atoms with Crippen LogP contribution in [0.3, 0.4) is 0 Å². The highest BCUT2D eigenvalue weighted by molar-refractivity contribution is 5.99. The van der Waals surface area contributed by atoms with Crippen molar-refractivity contribution in [2.75, 3.05) is 11.9 Å². The highest BCUT2D eigenvalue weighted by Crippen LogP contribution is 2.31. The zero-order valence-corrected chi connectivity index (χ0v) is 26.6. The van der Waals surface area contributed by atoms with Crippen molar-refractivity contribution in [3.8, 4) is 0 Å². The van der Waals surface area contributed by atoms with Gasteiger partial charge in [-0.05, 0) is 88.6 Å². The Morgan fingerprint density at radius 1 is 0.878 bits per heavy atom. The summed E-state index contributed by atoms with van der Waals surface area (Å²) >= 11 is 0. The minimum absolute atomic E-state index is 0.125. The Hall–Kier alpha value is -3.35. The van der Waals surface area contributed by atoms with Crippen molar-refractivity contribution in [1.82, 2.24) is 10.2 Å². The Morgan fingerprint density at radius 2 is 1.49 bits per heavy atom. The van der Waals surface area contributed by atoms with Crippen LogP contribution < -0.4 is 10.6 Å². The number of amides is 3. The maximum atomic E-state index is 14.5. The van der Waals surface area contributed by atoms with Gasteiger partial charge in [-0.15, -0.1) is 0 Å². The van der Waals surface area contributed by atoms with Crippen molar-refractivity contribution in [2.45, 2.75) is 112 Å². The van der Waals surface area contributed by atoms with Crippen molar-refractivity contribution in [3.63, 3.8) is 0 Å². The van der Waals surface area contributed by atoms with Gasteiger partial charge in [-0.25, -0.2) is 4.79 Å². The van der Waals surface area contributed by atoms with E-state index in [1.165, 1.54) is 0 Å². The molecule has 0 heterocycles. The van der Waals surface area contributed by atoms with Crippen LogP contribution in [0.5, 0.6) is 0 Å². The molecule has 0 radical (unpaired) electrons. The summed E-state index contributed by atoms with van der Waals surface area (Å²) in [4.78, 5) is 43.3. The van der Waals surface area contributed by atoms with Crippen molar-refractivity contribution >= 4 is 23.6 Å². The summed E-state index contributed by atoms with van der Waals surface area (Å²) in [5, 5.41) is 5.94. The normalized spacial score (nSPS) is 12.9. The number of alkyl carbamates (subject to hydrolysis) is 1. The minimum Gasteiger partial charge on any atom is -0.444 e. The zero-order valence-electron chi connectivity index (χ0n) is 26.6. The van der Waals surface area contributed by atoms with E-state index in [-0.39, 0.29) is 17.7 Å². The van der Waals surface area contributed by atoms with Crippen LogP contribution in [0.1, 0.15) is 102 Å². The number of hydrogen-bond acceptors (Lipinski definition) is 4. The molecule has 0 aliphatic carbocycles. The maximum Gasteiger partial charge on any atom is 0.408 e. The zero-order chi connectivity index (χ0) is 30.7. The summed E-state index contributed by atoms with van der Waals surface area (Å²) in [5.41, 5.74) is 3.61. The van der Waals surface area contributed by atoms with Crippen LogP contribution in [0, 0.1) is 26.7 Å². The number of rotatable bonds is 13. The van der Waals surface area contributed by atoms with E-state index in [0.29, 0.717) is 18.7 Å². The third-order valence-corrected chi connectivity index (χ3v) is 7.01. The van der Waals surface area contributed by atoms with Crippen molar-refractivity contribution in [2.24, 2.45) is 5.92 Å². The van der Waals surface area contributed by atoms with E-state index in [1.54, 1.807) is 25.7 Å². The first-order chi connectivity index (χ1) is 19.2. The van der Waals surface area contributed by atoms with E-state index < -0.39 is 23.8 Å². The molecule has 2 unspecified atom stereocenters. The summed E-state index contributed by atoms with van der Waals surface area (Å²) in [6.45, 7) is 17.8. The highest BCUT2D eigenvalue weighted by atomic mass is 16.6. The monoisotopic (exact) mass is 565 g/mol. The largest absolute Gasteiger partial charge is 0.444 e. The summed E-state index contributed by atoms with van der Waals surface area (Å²) < 4.78 is 5.52. The van der Waals surface area contributed by atoms with E-state index in [1.807, 2.05) is 77.1 Å². The van der Waals surface area contributed by atoms with Gasteiger partial charge in [-0.1, -0.05) is 76.4 Å². The van der Waals surface area contributed by atoms with Gasteiger partial charge in [-0.2, -0.15) is 0 Å². The first-order valence-corrected chi connectivity index (χ1v) is 15.0. The number of benzene rings is 2. The van der Waals surface area contributed by atoms with Crippen LogP contribution in [0.2, 0.25) is 0 Å². The second kappa shape index (κ2) is 15.6. The molecule has 0 aliphatic rings. The van der Waals surface area contributed by atoms with E-state index in [0.717, 1.165) is 47.9 Å². The number of carbonyl (C=O) groups excluding carboxylic acids is 3. The Morgan fingerprint density at radius 3 is 2.05 bits per heavy atom. The number of aryl methyl sites for hydroxylation is 3. The second-order valence-corrected chi connectivity index (χ2v) is 12.4. The molecular formula is C34H51N3O4. The molecule has 2 rings (SSSR count). The highest BCUT2D eigenvalue weighted by Gasteiger charge is 2.37. The molecule has 0 bridgehead atoms. The lowest BCUT2D eigenvalue weighted by molar-refractivity contribution is -0.141. The van der Waals surface area contributed by atoms with Gasteiger partial charge >= 0.3 is 6.09 Å². The quantitative estimate of drug-likeness (QED) is 0.244. The SMILES string of the molecule is CCCCCCN(C(=O)C(CC(C)C)NC(=O)OC(C)(C)C)C(C(=O)Nc1ccccc1C)c1c(C)cccc1C. The van der Waals surface area contributed by atoms with Gasteiger partial charge in [0.15, 0.2) is 0 Å². The molecule has 2 N–H and O–H groups in total. The molecule has 3 amide bonds. The van der Waals surface area contributed by atoms with E-state index in [2.05, 4.69) is 17.6 Å². The molecule has 0 saturated carbocycles. The van der Waals surface area contributed by atoms with Crippen LogP contribution in [0.25, 0.3) is 0 Å². The predicted molar refractivity (Wildman–Crippen MR) is 167 cm³/mol. The number of unbranched alkanes of at least 4 members (excludes halogenated alkanes) is 3. The first kappa shape index (κ1) is 33.9. The Kier molecular flexibility index (Phi) is 12.9. The Balaban J connectivity index is 2.62. The number of carbonyl (C=O) groups is 3. The van der Waals surface area contributed by atoms with Crippen molar-refractivity contribution < 1.29 is 19.1 Å². The summed E-state index contributed by atoms with van der Waals surface area (Å²) in [6.07, 6.45) is 3.56. The van der Waals surface area contributed by atoms with Gasteiger partial charge in [0.1, 0.15) is 17.7 Å².